The van der Waals surface area contributed by atoms with Crippen LogP contribution in [0.5, 0.6) is 0 Å². The van der Waals surface area contributed by atoms with Crippen LogP contribution in [0.15, 0.2) is 6.20 Å². The minimum atomic E-state index is 0.646. The molecule has 0 fully saturated rings. The maximum absolute atomic E-state index is 4.65. The van der Waals surface area contributed by atoms with Crippen molar-refractivity contribution in [1.82, 2.24) is 9.97 Å². The van der Waals surface area contributed by atoms with Crippen molar-refractivity contribution in [2.75, 3.05) is 0 Å². The highest BCUT2D eigenvalue weighted by atomic mass is 14.8. The highest BCUT2D eigenvalue weighted by Gasteiger charge is 2.11. The summed E-state index contributed by atoms with van der Waals surface area (Å²) in [6, 6.07) is 0. The van der Waals surface area contributed by atoms with Gasteiger partial charge >= 0.3 is 0 Å². The molecule has 0 aliphatic carbocycles. The summed E-state index contributed by atoms with van der Waals surface area (Å²) < 4.78 is 0. The number of hydrogen-bond acceptors (Lipinski definition) is 2. The predicted octanol–water partition coefficient (Wildman–Crippen LogP) is 3.57. The SMILES string of the molecule is CCC(C)Cc1nc(C)cnc1CC(C)C. The van der Waals surface area contributed by atoms with Crippen molar-refractivity contribution in [1.29, 1.82) is 0 Å². The van der Waals surface area contributed by atoms with E-state index in [0.717, 1.165) is 18.5 Å². The summed E-state index contributed by atoms with van der Waals surface area (Å²) in [5.41, 5.74) is 3.44. The van der Waals surface area contributed by atoms with E-state index in [9.17, 15) is 0 Å². The quantitative estimate of drug-likeness (QED) is 0.758. The van der Waals surface area contributed by atoms with Crippen LogP contribution in [0.4, 0.5) is 0 Å². The zero-order valence-electron chi connectivity index (χ0n) is 11.2. The van der Waals surface area contributed by atoms with E-state index in [1.165, 1.54) is 17.8 Å². The zero-order valence-corrected chi connectivity index (χ0v) is 11.2. The van der Waals surface area contributed by atoms with E-state index < -0.39 is 0 Å². The Morgan fingerprint density at radius 3 is 2.38 bits per heavy atom. The van der Waals surface area contributed by atoms with Gasteiger partial charge in [-0.15, -0.1) is 0 Å². The normalized spacial score (nSPS) is 13.1. The summed E-state index contributed by atoms with van der Waals surface area (Å²) in [4.78, 5) is 9.19. The van der Waals surface area contributed by atoms with Gasteiger partial charge in [-0.25, -0.2) is 0 Å². The first-order valence-corrected chi connectivity index (χ1v) is 6.34. The molecule has 1 aromatic heterocycles. The molecule has 0 aliphatic heterocycles. The summed E-state index contributed by atoms with van der Waals surface area (Å²) in [5, 5.41) is 0. The van der Waals surface area contributed by atoms with Gasteiger partial charge in [0.2, 0.25) is 0 Å². The molecule has 0 aromatic carbocycles. The maximum atomic E-state index is 4.65. The first-order chi connectivity index (χ1) is 7.52. The van der Waals surface area contributed by atoms with Gasteiger partial charge in [-0.2, -0.15) is 0 Å². The van der Waals surface area contributed by atoms with Crippen LogP contribution in [0.2, 0.25) is 0 Å². The molecule has 0 saturated carbocycles. The van der Waals surface area contributed by atoms with Crippen molar-refractivity contribution in [2.45, 2.75) is 53.9 Å². The highest BCUT2D eigenvalue weighted by molar-refractivity contribution is 5.15. The van der Waals surface area contributed by atoms with Gasteiger partial charge < -0.3 is 0 Å². The van der Waals surface area contributed by atoms with E-state index in [2.05, 4.69) is 37.7 Å². The average Bonchev–Trinajstić information content (AvgIpc) is 2.21. The fraction of sp³-hybridized carbons (Fsp3) is 0.714. The number of aryl methyl sites for hydroxylation is 1. The molecule has 1 aromatic rings. The number of rotatable bonds is 5. The van der Waals surface area contributed by atoms with Gasteiger partial charge in [-0.3, -0.25) is 9.97 Å². The molecule has 0 bridgehead atoms. The molecule has 1 atom stereocenters. The Labute approximate surface area is 99.5 Å². The van der Waals surface area contributed by atoms with Gasteiger partial charge in [-0.05, 0) is 31.6 Å². The van der Waals surface area contributed by atoms with Gasteiger partial charge in [0, 0.05) is 6.20 Å². The van der Waals surface area contributed by atoms with Crippen LogP contribution in [-0.2, 0) is 12.8 Å². The fourth-order valence-corrected chi connectivity index (χ4v) is 1.75. The lowest BCUT2D eigenvalue weighted by Crippen LogP contribution is -2.09. The minimum absolute atomic E-state index is 0.646. The molecular formula is C14H24N2. The molecule has 1 rings (SSSR count). The number of aromatic nitrogens is 2. The third kappa shape index (κ3) is 3.92. The molecule has 0 N–H and O–H groups in total. The Hall–Kier alpha value is -0.920. The minimum Gasteiger partial charge on any atom is -0.258 e. The Morgan fingerprint density at radius 2 is 1.81 bits per heavy atom. The second-order valence-electron chi connectivity index (χ2n) is 5.22. The van der Waals surface area contributed by atoms with E-state index in [0.29, 0.717) is 11.8 Å². The third-order valence-corrected chi connectivity index (χ3v) is 2.89. The van der Waals surface area contributed by atoms with Crippen LogP contribution in [0.3, 0.4) is 0 Å². The second-order valence-corrected chi connectivity index (χ2v) is 5.22. The Bertz CT molecular complexity index is 332. The Balaban J connectivity index is 2.89. The largest absolute Gasteiger partial charge is 0.258 e. The van der Waals surface area contributed by atoms with Crippen LogP contribution >= 0.6 is 0 Å². The van der Waals surface area contributed by atoms with Crippen molar-refractivity contribution in [3.63, 3.8) is 0 Å². The molecule has 0 amide bonds. The molecule has 0 radical (unpaired) electrons. The molecule has 0 saturated heterocycles. The van der Waals surface area contributed by atoms with E-state index in [1.807, 2.05) is 13.1 Å². The van der Waals surface area contributed by atoms with Crippen molar-refractivity contribution in [3.8, 4) is 0 Å². The smallest absolute Gasteiger partial charge is 0.0624 e. The highest BCUT2D eigenvalue weighted by Crippen LogP contribution is 2.15. The van der Waals surface area contributed by atoms with Crippen LogP contribution in [-0.4, -0.2) is 9.97 Å². The van der Waals surface area contributed by atoms with Gasteiger partial charge in [0.1, 0.15) is 0 Å². The van der Waals surface area contributed by atoms with Gasteiger partial charge in [0.15, 0.2) is 0 Å². The van der Waals surface area contributed by atoms with Gasteiger partial charge in [0.25, 0.3) is 0 Å². The summed E-state index contributed by atoms with van der Waals surface area (Å²) in [6.45, 7) is 11.0. The molecule has 2 nitrogen and oxygen atoms in total. The molecule has 0 aliphatic rings. The zero-order chi connectivity index (χ0) is 12.1. The third-order valence-electron chi connectivity index (χ3n) is 2.89. The van der Waals surface area contributed by atoms with E-state index in [-0.39, 0.29) is 0 Å². The van der Waals surface area contributed by atoms with Crippen LogP contribution in [0.25, 0.3) is 0 Å². The van der Waals surface area contributed by atoms with Crippen molar-refractivity contribution < 1.29 is 0 Å². The molecular weight excluding hydrogens is 196 g/mol. The van der Waals surface area contributed by atoms with Crippen LogP contribution < -0.4 is 0 Å². The van der Waals surface area contributed by atoms with Crippen molar-refractivity contribution in [3.05, 3.63) is 23.3 Å². The first-order valence-electron chi connectivity index (χ1n) is 6.34. The van der Waals surface area contributed by atoms with Crippen molar-refractivity contribution >= 4 is 0 Å². The Morgan fingerprint density at radius 1 is 1.12 bits per heavy atom. The second kappa shape index (κ2) is 5.97. The van der Waals surface area contributed by atoms with Gasteiger partial charge in [-0.1, -0.05) is 34.1 Å². The summed E-state index contributed by atoms with van der Waals surface area (Å²) in [7, 11) is 0. The monoisotopic (exact) mass is 220 g/mol. The molecule has 16 heavy (non-hydrogen) atoms. The standard InChI is InChI=1S/C14H24N2/c1-6-11(4)8-14-13(7-10(2)3)15-9-12(5)16-14/h9-11H,6-8H2,1-5H3. The van der Waals surface area contributed by atoms with Crippen LogP contribution in [0, 0.1) is 18.8 Å². The molecule has 2 heteroatoms. The predicted molar refractivity (Wildman–Crippen MR) is 68.5 cm³/mol. The topological polar surface area (TPSA) is 25.8 Å². The fourth-order valence-electron chi connectivity index (χ4n) is 1.75. The maximum Gasteiger partial charge on any atom is 0.0624 e. The molecule has 1 unspecified atom stereocenters. The van der Waals surface area contributed by atoms with E-state index in [4.69, 9.17) is 0 Å². The van der Waals surface area contributed by atoms with E-state index in [1.54, 1.807) is 0 Å². The molecule has 0 spiro atoms. The Kier molecular flexibility index (Phi) is 4.91. The number of hydrogen-bond donors (Lipinski definition) is 0. The average molecular weight is 220 g/mol. The summed E-state index contributed by atoms with van der Waals surface area (Å²) in [5.74, 6) is 1.34. The lowest BCUT2D eigenvalue weighted by molar-refractivity contribution is 0.538. The molecule has 90 valence electrons. The summed E-state index contributed by atoms with van der Waals surface area (Å²) >= 11 is 0. The van der Waals surface area contributed by atoms with Gasteiger partial charge in [0.05, 0.1) is 17.1 Å². The van der Waals surface area contributed by atoms with Crippen LogP contribution in [0.1, 0.15) is 51.2 Å². The first kappa shape index (κ1) is 13.1. The summed E-state index contributed by atoms with van der Waals surface area (Å²) in [6.07, 6.45) is 5.20. The van der Waals surface area contributed by atoms with Crippen molar-refractivity contribution in [2.24, 2.45) is 11.8 Å². The molecule has 1 heterocycles. The lowest BCUT2D eigenvalue weighted by Gasteiger charge is -2.13. The van der Waals surface area contributed by atoms with E-state index >= 15 is 0 Å². The lowest BCUT2D eigenvalue weighted by atomic mass is 9.98. The number of nitrogens with zero attached hydrogens (tertiary/aromatic N) is 2.